The quantitative estimate of drug-likeness (QED) is 0.815. The molecular formula is C18H25N3O4S. The lowest BCUT2D eigenvalue weighted by atomic mass is 10.1. The Bertz CT molecular complexity index is 846. The highest BCUT2D eigenvalue weighted by molar-refractivity contribution is 7.89. The Labute approximate surface area is 154 Å². The van der Waals surface area contributed by atoms with Crippen molar-refractivity contribution in [3.05, 3.63) is 41.7 Å². The number of rotatable bonds is 6. The lowest BCUT2D eigenvalue weighted by Crippen LogP contribution is -2.33. The molecule has 1 aromatic carbocycles. The van der Waals surface area contributed by atoms with Crippen molar-refractivity contribution in [2.45, 2.75) is 19.6 Å². The highest BCUT2D eigenvalue weighted by atomic mass is 32.2. The molecule has 1 aliphatic heterocycles. The minimum absolute atomic E-state index is 0.0529. The van der Waals surface area contributed by atoms with E-state index in [2.05, 4.69) is 5.16 Å². The summed E-state index contributed by atoms with van der Waals surface area (Å²) in [5, 5.41) is 14.3. The molecule has 2 aromatic rings. The Hall–Kier alpha value is -1.74. The first-order valence-electron chi connectivity index (χ1n) is 8.58. The molecule has 0 radical (unpaired) electrons. The summed E-state index contributed by atoms with van der Waals surface area (Å²) in [5.41, 5.74) is 2.94. The van der Waals surface area contributed by atoms with Crippen LogP contribution in [0.5, 0.6) is 0 Å². The van der Waals surface area contributed by atoms with Gasteiger partial charge >= 0.3 is 0 Å². The van der Waals surface area contributed by atoms with Gasteiger partial charge in [0.1, 0.15) is 5.69 Å². The fourth-order valence-electron chi connectivity index (χ4n) is 3.12. The summed E-state index contributed by atoms with van der Waals surface area (Å²) in [5.74, 6) is 0.341. The summed E-state index contributed by atoms with van der Waals surface area (Å²) in [7, 11) is -0.316. The van der Waals surface area contributed by atoms with Gasteiger partial charge in [-0.15, -0.1) is 0 Å². The Morgan fingerprint density at radius 1 is 1.27 bits per heavy atom. The van der Waals surface area contributed by atoms with Gasteiger partial charge in [0.15, 0.2) is 5.76 Å². The molecule has 1 N–H and O–H groups in total. The molecule has 7 nitrogen and oxygen atoms in total. The van der Waals surface area contributed by atoms with Gasteiger partial charge in [0.2, 0.25) is 10.0 Å². The molecule has 3 rings (SSSR count). The highest BCUT2D eigenvalue weighted by Gasteiger charge is 2.35. The second kappa shape index (κ2) is 7.48. The molecule has 8 heteroatoms. The lowest BCUT2D eigenvalue weighted by Gasteiger charge is -2.17. The van der Waals surface area contributed by atoms with Crippen molar-refractivity contribution in [2.24, 2.45) is 5.92 Å². The maximum atomic E-state index is 12.0. The third kappa shape index (κ3) is 4.32. The molecular weight excluding hydrogens is 354 g/mol. The Morgan fingerprint density at radius 2 is 1.96 bits per heavy atom. The van der Waals surface area contributed by atoms with E-state index in [1.165, 1.54) is 24.0 Å². The van der Waals surface area contributed by atoms with Gasteiger partial charge < -0.3 is 9.63 Å². The van der Waals surface area contributed by atoms with E-state index in [0.717, 1.165) is 11.3 Å². The van der Waals surface area contributed by atoms with Crippen molar-refractivity contribution in [3.63, 3.8) is 0 Å². The van der Waals surface area contributed by atoms with Crippen LogP contribution in [0.15, 0.2) is 34.9 Å². The van der Waals surface area contributed by atoms with Gasteiger partial charge in [-0.25, -0.2) is 12.7 Å². The van der Waals surface area contributed by atoms with E-state index in [9.17, 15) is 13.5 Å². The number of nitrogens with zero attached hydrogens (tertiary/aromatic N) is 3. The van der Waals surface area contributed by atoms with Crippen molar-refractivity contribution in [3.8, 4) is 11.3 Å². The van der Waals surface area contributed by atoms with E-state index in [1.54, 1.807) is 0 Å². The summed E-state index contributed by atoms with van der Waals surface area (Å²) < 4.78 is 30.7. The van der Waals surface area contributed by atoms with Crippen LogP contribution in [0.25, 0.3) is 11.3 Å². The first-order valence-corrected chi connectivity index (χ1v) is 10.2. The number of aryl methyl sites for hydroxylation is 1. The Kier molecular flexibility index (Phi) is 5.47. The van der Waals surface area contributed by atoms with Crippen LogP contribution in [0.3, 0.4) is 0 Å². The van der Waals surface area contributed by atoms with Crippen LogP contribution in [-0.2, 0) is 16.6 Å². The number of benzene rings is 1. The van der Waals surface area contributed by atoms with Crippen LogP contribution < -0.4 is 0 Å². The number of aromatic nitrogens is 1. The van der Waals surface area contributed by atoms with Crippen molar-refractivity contribution in [1.29, 1.82) is 0 Å². The number of likely N-dealkylation sites (tertiary alicyclic amines) is 1. The molecule has 2 heterocycles. The molecule has 0 spiro atoms. The number of sulfonamides is 1. The molecule has 142 valence electrons. The monoisotopic (exact) mass is 379 g/mol. The molecule has 0 bridgehead atoms. The maximum absolute atomic E-state index is 12.0. The number of hydrogen-bond acceptors (Lipinski definition) is 6. The largest absolute Gasteiger partial charge is 0.391 e. The molecule has 1 aromatic heterocycles. The van der Waals surface area contributed by atoms with Gasteiger partial charge in [-0.2, -0.15) is 0 Å². The standard InChI is InChI=1S/C18H25N3O4S/c1-13-4-6-14(7-5-13)17-8-16(25-19-17)10-21-9-15(18(22)11-21)12-26(23,24)20(2)3/h4-8,15,18,22H,9-12H2,1-3H3/t15-,18+/m0/s1. The minimum atomic E-state index is -3.34. The molecule has 0 aliphatic carbocycles. The van der Waals surface area contributed by atoms with Crippen molar-refractivity contribution < 1.29 is 18.0 Å². The smallest absolute Gasteiger partial charge is 0.214 e. The van der Waals surface area contributed by atoms with Crippen molar-refractivity contribution in [1.82, 2.24) is 14.4 Å². The van der Waals surface area contributed by atoms with Gasteiger partial charge in [0, 0.05) is 44.7 Å². The molecule has 1 fully saturated rings. The summed E-state index contributed by atoms with van der Waals surface area (Å²) in [6, 6.07) is 9.94. The van der Waals surface area contributed by atoms with Crippen LogP contribution in [0, 0.1) is 12.8 Å². The third-order valence-corrected chi connectivity index (χ3v) is 6.71. The molecule has 1 aliphatic rings. The summed E-state index contributed by atoms with van der Waals surface area (Å²) in [6.07, 6.45) is -0.663. The van der Waals surface area contributed by atoms with Gasteiger partial charge in [0.05, 0.1) is 18.4 Å². The van der Waals surface area contributed by atoms with Crippen LogP contribution in [0.4, 0.5) is 0 Å². The van der Waals surface area contributed by atoms with E-state index >= 15 is 0 Å². The predicted molar refractivity (Wildman–Crippen MR) is 98.9 cm³/mol. The molecule has 0 amide bonds. The molecule has 2 atom stereocenters. The van der Waals surface area contributed by atoms with Gasteiger partial charge in [-0.05, 0) is 6.92 Å². The summed E-state index contributed by atoms with van der Waals surface area (Å²) >= 11 is 0. The molecule has 0 saturated carbocycles. The van der Waals surface area contributed by atoms with E-state index in [0.29, 0.717) is 25.4 Å². The van der Waals surface area contributed by atoms with Crippen LogP contribution in [0.2, 0.25) is 0 Å². The average molecular weight is 379 g/mol. The number of aliphatic hydroxyl groups is 1. The van der Waals surface area contributed by atoms with Gasteiger partial charge in [-0.3, -0.25) is 4.90 Å². The van der Waals surface area contributed by atoms with Crippen LogP contribution in [-0.4, -0.2) is 66.9 Å². The SMILES string of the molecule is Cc1ccc(-c2cc(CN3C[C@@H](CS(=O)(=O)N(C)C)[C@H](O)C3)on2)cc1. The fraction of sp³-hybridized carbons (Fsp3) is 0.500. The normalized spacial score (nSPS) is 21.6. The fourth-order valence-corrected chi connectivity index (χ4v) is 4.29. The zero-order valence-electron chi connectivity index (χ0n) is 15.3. The summed E-state index contributed by atoms with van der Waals surface area (Å²) in [6.45, 7) is 3.46. The molecule has 1 saturated heterocycles. The van der Waals surface area contributed by atoms with E-state index in [-0.39, 0.29) is 11.7 Å². The number of hydrogen-bond donors (Lipinski definition) is 1. The first kappa shape index (κ1) is 19.0. The first-order chi connectivity index (χ1) is 12.2. The zero-order chi connectivity index (χ0) is 18.9. The Morgan fingerprint density at radius 3 is 2.62 bits per heavy atom. The molecule has 0 unspecified atom stereocenters. The maximum Gasteiger partial charge on any atom is 0.214 e. The average Bonchev–Trinajstić information content (AvgIpc) is 3.15. The minimum Gasteiger partial charge on any atom is -0.391 e. The van der Waals surface area contributed by atoms with Gasteiger partial charge in [-0.1, -0.05) is 35.0 Å². The van der Waals surface area contributed by atoms with Gasteiger partial charge in [0.25, 0.3) is 0 Å². The van der Waals surface area contributed by atoms with Crippen LogP contribution >= 0.6 is 0 Å². The number of β-amino-alcohol motifs (C(OH)–C–C–N with tert-alkyl or cyclic N) is 1. The van der Waals surface area contributed by atoms with Crippen molar-refractivity contribution >= 4 is 10.0 Å². The van der Waals surface area contributed by atoms with E-state index in [4.69, 9.17) is 4.52 Å². The second-order valence-electron chi connectivity index (χ2n) is 7.13. The van der Waals surface area contributed by atoms with E-state index in [1.807, 2.05) is 42.2 Å². The predicted octanol–water partition coefficient (Wildman–Crippen LogP) is 1.33. The lowest BCUT2D eigenvalue weighted by molar-refractivity contribution is 0.146. The topological polar surface area (TPSA) is 86.9 Å². The number of aliphatic hydroxyl groups excluding tert-OH is 1. The second-order valence-corrected chi connectivity index (χ2v) is 9.35. The van der Waals surface area contributed by atoms with Crippen LogP contribution in [0.1, 0.15) is 11.3 Å². The highest BCUT2D eigenvalue weighted by Crippen LogP contribution is 2.24. The Balaban J connectivity index is 1.63. The van der Waals surface area contributed by atoms with Crippen molar-refractivity contribution in [2.75, 3.05) is 32.9 Å². The zero-order valence-corrected chi connectivity index (χ0v) is 16.1. The molecule has 26 heavy (non-hydrogen) atoms. The third-order valence-electron chi connectivity index (χ3n) is 4.75. The van der Waals surface area contributed by atoms with E-state index < -0.39 is 16.1 Å². The summed E-state index contributed by atoms with van der Waals surface area (Å²) in [4.78, 5) is 2.00.